The lowest BCUT2D eigenvalue weighted by molar-refractivity contribution is 0.264. The van der Waals surface area contributed by atoms with Crippen LogP contribution in [-0.2, 0) is 19.6 Å². The van der Waals surface area contributed by atoms with Crippen molar-refractivity contribution in [3.05, 3.63) is 26.7 Å². The molecule has 0 aliphatic carbocycles. The van der Waals surface area contributed by atoms with Crippen molar-refractivity contribution < 1.29 is 5.11 Å². The highest BCUT2D eigenvalue weighted by molar-refractivity contribution is 7.71. The zero-order valence-electron chi connectivity index (χ0n) is 8.80. The summed E-state index contributed by atoms with van der Waals surface area (Å²) in [6, 6.07) is 0. The molecule has 0 spiro atoms. The molecule has 2 aromatic rings. The number of hydrogen-bond donors (Lipinski definition) is 2. The van der Waals surface area contributed by atoms with E-state index >= 15 is 0 Å². The molecule has 0 saturated carbocycles. The predicted octanol–water partition coefficient (Wildman–Crippen LogP) is 1.44. The van der Waals surface area contributed by atoms with Gasteiger partial charge in [-0.2, -0.15) is 5.10 Å². The van der Waals surface area contributed by atoms with E-state index in [2.05, 4.69) is 15.2 Å². The number of aliphatic hydroxyl groups is 1. The molecule has 16 heavy (non-hydrogen) atoms. The summed E-state index contributed by atoms with van der Waals surface area (Å²) in [6.07, 6.45) is 0.797. The number of thiazole rings is 1. The Morgan fingerprint density at radius 3 is 3.06 bits per heavy atom. The minimum Gasteiger partial charge on any atom is -0.388 e. The Bertz CT molecular complexity index is 528. The topological polar surface area (TPSA) is 66.7 Å². The second-order valence-corrected chi connectivity index (χ2v) is 4.81. The molecule has 0 fully saturated rings. The number of aromatic amines is 1. The SMILES string of the molecule is Cc1nc(CCn2c(CO)n[nH]c2=S)cs1. The van der Waals surface area contributed by atoms with Crippen molar-refractivity contribution in [2.45, 2.75) is 26.5 Å². The van der Waals surface area contributed by atoms with Gasteiger partial charge in [-0.25, -0.2) is 4.98 Å². The lowest BCUT2D eigenvalue weighted by Gasteiger charge is -2.02. The normalized spacial score (nSPS) is 10.9. The van der Waals surface area contributed by atoms with Gasteiger partial charge in [0.1, 0.15) is 6.61 Å². The van der Waals surface area contributed by atoms with Crippen LogP contribution in [0.25, 0.3) is 0 Å². The van der Waals surface area contributed by atoms with Gasteiger partial charge in [-0.05, 0) is 19.1 Å². The van der Waals surface area contributed by atoms with Gasteiger partial charge >= 0.3 is 0 Å². The second-order valence-electron chi connectivity index (χ2n) is 3.36. The molecule has 0 atom stereocenters. The zero-order chi connectivity index (χ0) is 11.5. The van der Waals surface area contributed by atoms with Gasteiger partial charge in [0.05, 0.1) is 10.7 Å². The molecule has 0 unspecified atom stereocenters. The molecule has 86 valence electrons. The number of rotatable bonds is 4. The van der Waals surface area contributed by atoms with Gasteiger partial charge in [0.25, 0.3) is 0 Å². The molecule has 0 aliphatic rings. The van der Waals surface area contributed by atoms with Crippen LogP contribution in [0.5, 0.6) is 0 Å². The number of aryl methyl sites for hydroxylation is 2. The first kappa shape index (κ1) is 11.4. The number of aliphatic hydroxyl groups excluding tert-OH is 1. The monoisotopic (exact) mass is 256 g/mol. The lowest BCUT2D eigenvalue weighted by Crippen LogP contribution is -2.06. The van der Waals surface area contributed by atoms with Crippen molar-refractivity contribution in [2.75, 3.05) is 0 Å². The van der Waals surface area contributed by atoms with Crippen molar-refractivity contribution in [3.8, 4) is 0 Å². The Morgan fingerprint density at radius 2 is 2.44 bits per heavy atom. The van der Waals surface area contributed by atoms with Crippen molar-refractivity contribution in [2.24, 2.45) is 0 Å². The van der Waals surface area contributed by atoms with E-state index in [1.807, 2.05) is 12.3 Å². The van der Waals surface area contributed by atoms with Gasteiger partial charge in [-0.3, -0.25) is 5.10 Å². The number of nitrogens with zero attached hydrogens (tertiary/aromatic N) is 3. The third-order valence-electron chi connectivity index (χ3n) is 2.24. The number of H-pyrrole nitrogens is 1. The van der Waals surface area contributed by atoms with Crippen LogP contribution in [0.3, 0.4) is 0 Å². The molecule has 5 nitrogen and oxygen atoms in total. The van der Waals surface area contributed by atoms with E-state index in [1.54, 1.807) is 15.9 Å². The maximum absolute atomic E-state index is 9.07. The molecule has 0 aromatic carbocycles. The van der Waals surface area contributed by atoms with Crippen molar-refractivity contribution in [1.82, 2.24) is 19.7 Å². The zero-order valence-corrected chi connectivity index (χ0v) is 10.4. The van der Waals surface area contributed by atoms with Gasteiger partial charge in [0, 0.05) is 18.3 Å². The number of nitrogens with one attached hydrogen (secondary N) is 1. The first-order valence-corrected chi connectivity index (χ1v) is 6.15. The molecule has 0 amide bonds. The van der Waals surface area contributed by atoms with E-state index < -0.39 is 0 Å². The summed E-state index contributed by atoms with van der Waals surface area (Å²) in [6.45, 7) is 2.56. The van der Waals surface area contributed by atoms with Crippen molar-refractivity contribution >= 4 is 23.6 Å². The van der Waals surface area contributed by atoms with Crippen LogP contribution in [-0.4, -0.2) is 24.9 Å². The minimum atomic E-state index is -0.108. The second kappa shape index (κ2) is 4.86. The standard InChI is InChI=1S/C9H12N4OS2/c1-6-10-7(5-16-6)2-3-13-8(4-14)11-12-9(13)15/h5,14H,2-4H2,1H3,(H,12,15). The largest absolute Gasteiger partial charge is 0.388 e. The Hall–Kier alpha value is -1.05. The van der Waals surface area contributed by atoms with Crippen LogP contribution >= 0.6 is 23.6 Å². The van der Waals surface area contributed by atoms with Crippen LogP contribution in [0.15, 0.2) is 5.38 Å². The van der Waals surface area contributed by atoms with Crippen molar-refractivity contribution in [1.29, 1.82) is 0 Å². The Morgan fingerprint density at radius 1 is 1.62 bits per heavy atom. The van der Waals surface area contributed by atoms with E-state index in [0.29, 0.717) is 17.1 Å². The van der Waals surface area contributed by atoms with Crippen LogP contribution in [0, 0.1) is 11.7 Å². The van der Waals surface area contributed by atoms with E-state index in [1.165, 1.54) is 0 Å². The lowest BCUT2D eigenvalue weighted by atomic mass is 10.3. The summed E-state index contributed by atoms with van der Waals surface area (Å²) < 4.78 is 2.33. The average Bonchev–Trinajstić information content (AvgIpc) is 2.82. The van der Waals surface area contributed by atoms with Gasteiger partial charge in [-0.1, -0.05) is 0 Å². The smallest absolute Gasteiger partial charge is 0.195 e. The van der Waals surface area contributed by atoms with Crippen LogP contribution in [0.4, 0.5) is 0 Å². The summed E-state index contributed by atoms with van der Waals surface area (Å²) in [5.41, 5.74) is 1.05. The molecular weight excluding hydrogens is 244 g/mol. The van der Waals surface area contributed by atoms with Gasteiger partial charge in [0.15, 0.2) is 10.6 Å². The molecule has 0 bridgehead atoms. The minimum absolute atomic E-state index is 0.108. The quantitative estimate of drug-likeness (QED) is 0.812. The van der Waals surface area contributed by atoms with Crippen molar-refractivity contribution in [3.63, 3.8) is 0 Å². The molecule has 0 aliphatic heterocycles. The maximum Gasteiger partial charge on any atom is 0.195 e. The first-order chi connectivity index (χ1) is 7.70. The average molecular weight is 256 g/mol. The summed E-state index contributed by atoms with van der Waals surface area (Å²) in [5, 5.41) is 18.8. The van der Waals surface area contributed by atoms with E-state index in [9.17, 15) is 0 Å². The van der Waals surface area contributed by atoms with Gasteiger partial charge in [-0.15, -0.1) is 11.3 Å². The van der Waals surface area contributed by atoms with Crippen LogP contribution < -0.4 is 0 Å². The van der Waals surface area contributed by atoms with Crippen LogP contribution in [0.1, 0.15) is 16.5 Å². The molecule has 0 radical (unpaired) electrons. The highest BCUT2D eigenvalue weighted by Gasteiger charge is 2.05. The maximum atomic E-state index is 9.07. The summed E-state index contributed by atoms with van der Waals surface area (Å²) in [5.74, 6) is 0.567. The third kappa shape index (κ3) is 2.37. The molecule has 2 rings (SSSR count). The highest BCUT2D eigenvalue weighted by Crippen LogP contribution is 2.10. The number of aromatic nitrogens is 4. The van der Waals surface area contributed by atoms with Gasteiger partial charge < -0.3 is 9.67 Å². The Balaban J connectivity index is 2.09. The highest BCUT2D eigenvalue weighted by atomic mass is 32.1. The molecule has 2 heterocycles. The van der Waals surface area contributed by atoms with E-state index in [-0.39, 0.29) is 6.61 Å². The molecular formula is C9H12N4OS2. The molecule has 2 N–H and O–H groups in total. The number of hydrogen-bond acceptors (Lipinski definition) is 5. The molecule has 7 heteroatoms. The Kier molecular flexibility index (Phi) is 3.47. The first-order valence-electron chi connectivity index (χ1n) is 4.86. The van der Waals surface area contributed by atoms with Gasteiger partial charge in [0.2, 0.25) is 0 Å². The molecule has 2 aromatic heterocycles. The fraction of sp³-hybridized carbons (Fsp3) is 0.444. The van der Waals surface area contributed by atoms with E-state index in [0.717, 1.165) is 17.1 Å². The summed E-state index contributed by atoms with van der Waals surface area (Å²) in [7, 11) is 0. The predicted molar refractivity (Wildman–Crippen MR) is 63.9 cm³/mol. The molecule has 0 saturated heterocycles. The fourth-order valence-electron chi connectivity index (χ4n) is 1.45. The third-order valence-corrected chi connectivity index (χ3v) is 3.37. The van der Waals surface area contributed by atoms with Crippen LogP contribution in [0.2, 0.25) is 0 Å². The summed E-state index contributed by atoms with van der Waals surface area (Å²) >= 11 is 6.71. The van der Waals surface area contributed by atoms with E-state index in [4.69, 9.17) is 17.3 Å². The Labute approximate surface area is 102 Å². The summed E-state index contributed by atoms with van der Waals surface area (Å²) in [4.78, 5) is 4.37. The fourth-order valence-corrected chi connectivity index (χ4v) is 2.34.